The van der Waals surface area contributed by atoms with Gasteiger partial charge in [-0.25, -0.2) is 4.79 Å². The summed E-state index contributed by atoms with van der Waals surface area (Å²) in [6.07, 6.45) is -0.617. The summed E-state index contributed by atoms with van der Waals surface area (Å²) in [5, 5.41) is 14.5. The van der Waals surface area contributed by atoms with Crippen molar-refractivity contribution in [2.75, 3.05) is 11.9 Å². The van der Waals surface area contributed by atoms with Crippen LogP contribution in [0.15, 0.2) is 18.2 Å². The van der Waals surface area contributed by atoms with Crippen molar-refractivity contribution in [2.24, 2.45) is 0 Å². The molecule has 2 amide bonds. The van der Waals surface area contributed by atoms with Crippen molar-refractivity contribution in [3.8, 4) is 5.75 Å². The third kappa shape index (κ3) is 4.95. The minimum atomic E-state index is -1.15. The molecule has 0 saturated heterocycles. The van der Waals surface area contributed by atoms with Gasteiger partial charge in [0.1, 0.15) is 6.04 Å². The van der Waals surface area contributed by atoms with E-state index in [4.69, 9.17) is 9.47 Å². The molecule has 8 nitrogen and oxygen atoms in total. The van der Waals surface area contributed by atoms with Crippen LogP contribution in [0.3, 0.4) is 0 Å². The molecule has 0 fully saturated rings. The molecule has 2 atom stereocenters. The molecular formula is C18H24N2O6. The summed E-state index contributed by atoms with van der Waals surface area (Å²) in [5.74, 6) is -1.82. The quantitative estimate of drug-likeness (QED) is 0.709. The summed E-state index contributed by atoms with van der Waals surface area (Å²) in [6.45, 7) is 7.35. The molecule has 0 saturated carbocycles. The Morgan fingerprint density at radius 1 is 1.38 bits per heavy atom. The molecule has 0 bridgehead atoms. The maximum absolute atomic E-state index is 12.6. The van der Waals surface area contributed by atoms with Crippen molar-refractivity contribution in [3.63, 3.8) is 0 Å². The molecule has 0 radical (unpaired) electrons. The van der Waals surface area contributed by atoms with E-state index in [-0.39, 0.29) is 30.2 Å². The Morgan fingerprint density at radius 2 is 2.08 bits per heavy atom. The number of hydrogen-bond acceptors (Lipinski definition) is 5. The number of ether oxygens (including phenoxy) is 2. The SMILES string of the molecule is CC1Oc2c(cccc2C(=O)NC(CCOC(C)(C)C)C(=O)O)NC1=O. The first-order valence-corrected chi connectivity index (χ1v) is 8.36. The maximum Gasteiger partial charge on any atom is 0.326 e. The second-order valence-electron chi connectivity index (χ2n) is 7.05. The third-order valence-corrected chi connectivity index (χ3v) is 3.73. The Balaban J connectivity index is 2.12. The fraction of sp³-hybridized carbons (Fsp3) is 0.500. The Bertz CT molecular complexity index is 710. The van der Waals surface area contributed by atoms with Crippen LogP contribution < -0.4 is 15.4 Å². The fourth-order valence-corrected chi connectivity index (χ4v) is 2.38. The molecule has 26 heavy (non-hydrogen) atoms. The van der Waals surface area contributed by atoms with Crippen LogP contribution in [0, 0.1) is 0 Å². The molecule has 8 heteroatoms. The highest BCUT2D eigenvalue weighted by molar-refractivity contribution is 6.04. The van der Waals surface area contributed by atoms with Crippen molar-refractivity contribution in [3.05, 3.63) is 23.8 Å². The van der Waals surface area contributed by atoms with Gasteiger partial charge in [-0.05, 0) is 39.8 Å². The summed E-state index contributed by atoms with van der Waals surface area (Å²) in [5.41, 5.74) is 0.148. The molecule has 1 heterocycles. The van der Waals surface area contributed by atoms with E-state index in [2.05, 4.69) is 10.6 Å². The summed E-state index contributed by atoms with van der Waals surface area (Å²) in [6, 6.07) is 3.62. The third-order valence-electron chi connectivity index (χ3n) is 3.73. The predicted molar refractivity (Wildman–Crippen MR) is 94.4 cm³/mol. The monoisotopic (exact) mass is 364 g/mol. The van der Waals surface area contributed by atoms with E-state index in [0.29, 0.717) is 5.69 Å². The first-order chi connectivity index (χ1) is 12.1. The number of hydrogen-bond donors (Lipinski definition) is 3. The number of benzene rings is 1. The normalized spacial score (nSPS) is 17.5. The smallest absolute Gasteiger partial charge is 0.326 e. The minimum Gasteiger partial charge on any atom is -0.480 e. The van der Waals surface area contributed by atoms with Crippen molar-refractivity contribution in [1.82, 2.24) is 5.32 Å². The molecule has 0 aliphatic carbocycles. The minimum absolute atomic E-state index is 0.126. The van der Waals surface area contributed by atoms with Crippen LogP contribution in [0.2, 0.25) is 0 Å². The standard InChI is InChI=1S/C18H24N2O6/c1-10-15(21)19-12-7-5-6-11(14(12)26-10)16(22)20-13(17(23)24)8-9-25-18(2,3)4/h5-7,10,13H,8-9H2,1-4H3,(H,19,21)(H,20,22)(H,23,24). The van der Waals surface area contributed by atoms with E-state index in [1.54, 1.807) is 19.1 Å². The van der Waals surface area contributed by atoms with Gasteiger partial charge < -0.3 is 25.2 Å². The Hall–Kier alpha value is -2.61. The number of carboxylic acids is 1. The predicted octanol–water partition coefficient (Wildman–Crippen LogP) is 1.79. The van der Waals surface area contributed by atoms with Crippen LogP contribution >= 0.6 is 0 Å². The van der Waals surface area contributed by atoms with Crippen LogP contribution in [-0.2, 0) is 14.3 Å². The summed E-state index contributed by atoms with van der Waals surface area (Å²) >= 11 is 0. The average molecular weight is 364 g/mol. The zero-order valence-electron chi connectivity index (χ0n) is 15.3. The second kappa shape index (κ2) is 7.74. The molecular weight excluding hydrogens is 340 g/mol. The summed E-state index contributed by atoms with van der Waals surface area (Å²) in [4.78, 5) is 35.7. The zero-order valence-corrected chi connectivity index (χ0v) is 15.3. The van der Waals surface area contributed by atoms with Crippen molar-refractivity contribution in [2.45, 2.75) is 51.9 Å². The number of aliphatic carboxylic acids is 1. The van der Waals surface area contributed by atoms with Crippen LogP contribution in [0.25, 0.3) is 0 Å². The van der Waals surface area contributed by atoms with Gasteiger partial charge in [-0.15, -0.1) is 0 Å². The van der Waals surface area contributed by atoms with Gasteiger partial charge in [0.05, 0.1) is 16.9 Å². The van der Waals surface area contributed by atoms with E-state index in [0.717, 1.165) is 0 Å². The van der Waals surface area contributed by atoms with Gasteiger partial charge in [0.15, 0.2) is 11.9 Å². The van der Waals surface area contributed by atoms with Crippen molar-refractivity contribution in [1.29, 1.82) is 0 Å². The maximum atomic E-state index is 12.6. The van der Waals surface area contributed by atoms with E-state index in [9.17, 15) is 19.5 Å². The lowest BCUT2D eigenvalue weighted by atomic mass is 10.1. The second-order valence-corrected chi connectivity index (χ2v) is 7.05. The molecule has 2 unspecified atom stereocenters. The number of amides is 2. The highest BCUT2D eigenvalue weighted by atomic mass is 16.5. The summed E-state index contributed by atoms with van der Waals surface area (Å²) in [7, 11) is 0. The van der Waals surface area contributed by atoms with Gasteiger partial charge in [0.25, 0.3) is 11.8 Å². The molecule has 1 aliphatic rings. The van der Waals surface area contributed by atoms with E-state index < -0.39 is 29.6 Å². The molecule has 142 valence electrons. The Kier molecular flexibility index (Phi) is 5.86. The fourth-order valence-electron chi connectivity index (χ4n) is 2.38. The van der Waals surface area contributed by atoms with Crippen molar-refractivity contribution >= 4 is 23.5 Å². The molecule has 3 N–H and O–H groups in total. The van der Waals surface area contributed by atoms with Crippen LogP contribution in [0.1, 0.15) is 44.5 Å². The Morgan fingerprint density at radius 3 is 2.69 bits per heavy atom. The number of anilines is 1. The Labute approximate surface area is 151 Å². The number of carbonyl (C=O) groups excluding carboxylic acids is 2. The van der Waals surface area contributed by atoms with Crippen LogP contribution in [0.4, 0.5) is 5.69 Å². The molecule has 0 spiro atoms. The largest absolute Gasteiger partial charge is 0.480 e. The van der Waals surface area contributed by atoms with Crippen LogP contribution in [-0.4, -0.2) is 47.2 Å². The first kappa shape index (κ1) is 19.7. The molecule has 1 aromatic carbocycles. The lowest BCUT2D eigenvalue weighted by Gasteiger charge is -2.25. The highest BCUT2D eigenvalue weighted by Gasteiger charge is 2.29. The summed E-state index contributed by atoms with van der Waals surface area (Å²) < 4.78 is 11.0. The number of carboxylic acid groups (broad SMARTS) is 1. The van der Waals surface area contributed by atoms with E-state index >= 15 is 0 Å². The van der Waals surface area contributed by atoms with E-state index in [1.807, 2.05) is 20.8 Å². The zero-order chi connectivity index (χ0) is 19.5. The lowest BCUT2D eigenvalue weighted by molar-refractivity contribution is -0.140. The van der Waals surface area contributed by atoms with Gasteiger partial charge in [-0.3, -0.25) is 9.59 Å². The molecule has 0 aromatic heterocycles. The van der Waals surface area contributed by atoms with Gasteiger partial charge in [0, 0.05) is 13.0 Å². The topological polar surface area (TPSA) is 114 Å². The first-order valence-electron chi connectivity index (χ1n) is 8.36. The number of carbonyl (C=O) groups is 3. The molecule has 1 aliphatic heterocycles. The number of rotatable bonds is 6. The number of para-hydroxylation sites is 1. The highest BCUT2D eigenvalue weighted by Crippen LogP contribution is 2.33. The number of fused-ring (bicyclic) bond motifs is 1. The lowest BCUT2D eigenvalue weighted by Crippen LogP contribution is -2.42. The van der Waals surface area contributed by atoms with Gasteiger partial charge in [-0.1, -0.05) is 6.07 Å². The van der Waals surface area contributed by atoms with Gasteiger partial charge in [-0.2, -0.15) is 0 Å². The van der Waals surface area contributed by atoms with E-state index in [1.165, 1.54) is 6.07 Å². The van der Waals surface area contributed by atoms with Gasteiger partial charge in [0.2, 0.25) is 0 Å². The van der Waals surface area contributed by atoms with Crippen molar-refractivity contribution < 1.29 is 29.0 Å². The average Bonchev–Trinajstić information content (AvgIpc) is 2.53. The molecule has 1 aromatic rings. The number of nitrogens with one attached hydrogen (secondary N) is 2. The van der Waals surface area contributed by atoms with Crippen LogP contribution in [0.5, 0.6) is 5.75 Å². The molecule has 2 rings (SSSR count). The van der Waals surface area contributed by atoms with Gasteiger partial charge >= 0.3 is 5.97 Å².